The second-order valence-electron chi connectivity index (χ2n) is 4.97. The Hall–Kier alpha value is -2.86. The van der Waals surface area contributed by atoms with Crippen molar-refractivity contribution < 1.29 is 4.39 Å². The lowest BCUT2D eigenvalue weighted by Gasteiger charge is -2.10. The molecular weight excluding hydrogens is 323 g/mol. The summed E-state index contributed by atoms with van der Waals surface area (Å²) in [7, 11) is 0. The Morgan fingerprint density at radius 3 is 2.67 bits per heavy atom. The van der Waals surface area contributed by atoms with Gasteiger partial charge < -0.3 is 5.32 Å². The van der Waals surface area contributed by atoms with E-state index in [0.717, 1.165) is 5.01 Å². The Kier molecular flexibility index (Phi) is 5.08. The fraction of sp³-hybridized carbons (Fsp3) is 0.0556. The minimum Gasteiger partial charge on any atom is -0.378 e. The lowest BCUT2D eigenvalue weighted by Crippen LogP contribution is -2.14. The van der Waals surface area contributed by atoms with Gasteiger partial charge in [0.25, 0.3) is 0 Å². The maximum atomic E-state index is 13.8. The Morgan fingerprint density at radius 2 is 1.96 bits per heavy atom. The average Bonchev–Trinajstić information content (AvgIpc) is 3.15. The molecule has 0 atom stereocenters. The van der Waals surface area contributed by atoms with E-state index in [1.165, 1.54) is 17.4 Å². The molecule has 0 saturated carbocycles. The van der Waals surface area contributed by atoms with E-state index in [4.69, 9.17) is 5.41 Å². The van der Waals surface area contributed by atoms with E-state index >= 15 is 0 Å². The van der Waals surface area contributed by atoms with E-state index in [2.05, 4.69) is 15.3 Å². The van der Waals surface area contributed by atoms with Crippen LogP contribution in [0.4, 0.5) is 4.39 Å². The highest BCUT2D eigenvalue weighted by Crippen LogP contribution is 2.17. The number of rotatable bonds is 6. The number of nitrogens with zero attached hydrogens (tertiary/aromatic N) is 2. The monoisotopic (exact) mass is 338 g/mol. The average molecular weight is 338 g/mol. The number of thiazole rings is 1. The highest BCUT2D eigenvalue weighted by atomic mass is 32.1. The van der Waals surface area contributed by atoms with Crippen molar-refractivity contribution in [2.24, 2.45) is 0 Å². The highest BCUT2D eigenvalue weighted by molar-refractivity contribution is 7.10. The molecule has 0 saturated heterocycles. The van der Waals surface area contributed by atoms with Crippen LogP contribution < -0.4 is 5.32 Å². The van der Waals surface area contributed by atoms with Crippen LogP contribution >= 0.6 is 11.3 Å². The molecule has 0 unspecified atom stereocenters. The molecule has 0 aliphatic rings. The van der Waals surface area contributed by atoms with Crippen molar-refractivity contribution in [1.82, 2.24) is 15.3 Å². The van der Waals surface area contributed by atoms with Crippen molar-refractivity contribution >= 4 is 22.7 Å². The SMILES string of the molecule is N=C(/C=C(\NCc1ccccc1F)c1nccs1)c1ccccn1. The van der Waals surface area contributed by atoms with Crippen LogP contribution in [0.2, 0.25) is 0 Å². The summed E-state index contributed by atoms with van der Waals surface area (Å²) in [4.78, 5) is 8.45. The second-order valence-corrected chi connectivity index (χ2v) is 5.86. The maximum absolute atomic E-state index is 13.8. The number of hydrogen-bond donors (Lipinski definition) is 2. The van der Waals surface area contributed by atoms with Gasteiger partial charge in [0.05, 0.1) is 17.1 Å². The fourth-order valence-corrected chi connectivity index (χ4v) is 2.75. The van der Waals surface area contributed by atoms with Crippen LogP contribution in [0.5, 0.6) is 0 Å². The molecule has 0 fully saturated rings. The number of hydrogen-bond acceptors (Lipinski definition) is 5. The first kappa shape index (κ1) is 16.0. The van der Waals surface area contributed by atoms with E-state index in [0.29, 0.717) is 23.5 Å². The van der Waals surface area contributed by atoms with Gasteiger partial charge in [0, 0.05) is 29.9 Å². The number of pyridine rings is 1. The number of aromatic nitrogens is 2. The van der Waals surface area contributed by atoms with Crippen molar-refractivity contribution in [1.29, 1.82) is 5.41 Å². The standard InChI is InChI=1S/C18H15FN4S/c19-14-6-2-1-5-13(14)12-23-17(18-22-9-10-24-18)11-15(20)16-7-3-4-8-21-16/h1-11,20,23H,12H2/b17-11-,20-15?. The van der Waals surface area contributed by atoms with E-state index in [1.807, 2.05) is 11.4 Å². The summed E-state index contributed by atoms with van der Waals surface area (Å²) >= 11 is 1.45. The van der Waals surface area contributed by atoms with Crippen LogP contribution in [0.15, 0.2) is 66.3 Å². The van der Waals surface area contributed by atoms with Crippen LogP contribution in [0.3, 0.4) is 0 Å². The highest BCUT2D eigenvalue weighted by Gasteiger charge is 2.09. The first-order chi connectivity index (χ1) is 11.7. The quantitative estimate of drug-likeness (QED) is 0.671. The molecule has 24 heavy (non-hydrogen) atoms. The third-order valence-electron chi connectivity index (χ3n) is 3.32. The van der Waals surface area contributed by atoms with Gasteiger partial charge in [-0.05, 0) is 24.3 Å². The minimum atomic E-state index is -0.261. The first-order valence-corrected chi connectivity index (χ1v) is 8.21. The van der Waals surface area contributed by atoms with Gasteiger partial charge in [-0.1, -0.05) is 24.3 Å². The predicted molar refractivity (Wildman–Crippen MR) is 94.4 cm³/mol. The summed E-state index contributed by atoms with van der Waals surface area (Å²) in [5.74, 6) is -0.261. The molecule has 2 heterocycles. The summed E-state index contributed by atoms with van der Waals surface area (Å²) in [6.45, 7) is 0.313. The van der Waals surface area contributed by atoms with Crippen molar-refractivity contribution in [2.75, 3.05) is 0 Å². The minimum absolute atomic E-state index is 0.261. The van der Waals surface area contributed by atoms with E-state index < -0.39 is 0 Å². The Bertz CT molecular complexity index is 844. The molecular formula is C18H15FN4S. The zero-order valence-corrected chi connectivity index (χ0v) is 13.6. The summed E-state index contributed by atoms with van der Waals surface area (Å²) in [5, 5.41) is 14.0. The molecule has 3 aromatic rings. The fourth-order valence-electron chi connectivity index (χ4n) is 2.12. The maximum Gasteiger partial charge on any atom is 0.139 e. The van der Waals surface area contributed by atoms with E-state index in [9.17, 15) is 4.39 Å². The molecule has 0 radical (unpaired) electrons. The normalized spacial score (nSPS) is 11.3. The predicted octanol–water partition coefficient (Wildman–Crippen LogP) is 3.88. The third kappa shape index (κ3) is 3.91. The van der Waals surface area contributed by atoms with Crippen LogP contribution in [-0.2, 0) is 6.54 Å². The van der Waals surface area contributed by atoms with Crippen molar-refractivity contribution in [3.05, 3.63) is 88.4 Å². The van der Waals surface area contributed by atoms with Gasteiger partial charge in [0.2, 0.25) is 0 Å². The molecule has 4 nitrogen and oxygen atoms in total. The largest absolute Gasteiger partial charge is 0.378 e. The van der Waals surface area contributed by atoms with Crippen molar-refractivity contribution in [3.63, 3.8) is 0 Å². The number of allylic oxidation sites excluding steroid dienone is 1. The first-order valence-electron chi connectivity index (χ1n) is 7.33. The van der Waals surface area contributed by atoms with Gasteiger partial charge in [-0.25, -0.2) is 9.37 Å². The molecule has 3 rings (SSSR count). The number of benzene rings is 1. The van der Waals surface area contributed by atoms with Gasteiger partial charge in [0.15, 0.2) is 0 Å². The van der Waals surface area contributed by atoms with Gasteiger partial charge in [-0.3, -0.25) is 10.4 Å². The van der Waals surface area contributed by atoms with Crippen LogP contribution in [0.1, 0.15) is 16.3 Å². The molecule has 0 aliphatic heterocycles. The molecule has 2 N–H and O–H groups in total. The van der Waals surface area contributed by atoms with Crippen LogP contribution in [0.25, 0.3) is 5.70 Å². The molecule has 120 valence electrons. The smallest absolute Gasteiger partial charge is 0.139 e. The zero-order valence-electron chi connectivity index (χ0n) is 12.7. The molecule has 0 aliphatic carbocycles. The van der Waals surface area contributed by atoms with Gasteiger partial charge in [-0.2, -0.15) is 0 Å². The summed E-state index contributed by atoms with van der Waals surface area (Å²) in [6.07, 6.45) is 5.01. The summed E-state index contributed by atoms with van der Waals surface area (Å²) in [5.41, 5.74) is 2.06. The Balaban J connectivity index is 1.83. The zero-order chi connectivity index (χ0) is 16.8. The van der Waals surface area contributed by atoms with Crippen molar-refractivity contribution in [2.45, 2.75) is 6.54 Å². The van der Waals surface area contributed by atoms with Gasteiger partial charge in [-0.15, -0.1) is 11.3 Å². The third-order valence-corrected chi connectivity index (χ3v) is 4.13. The molecule has 2 aromatic heterocycles. The lowest BCUT2D eigenvalue weighted by atomic mass is 10.2. The molecule has 0 spiro atoms. The second kappa shape index (κ2) is 7.61. The van der Waals surface area contributed by atoms with Gasteiger partial charge >= 0.3 is 0 Å². The van der Waals surface area contributed by atoms with E-state index in [1.54, 1.807) is 48.8 Å². The van der Waals surface area contributed by atoms with Crippen molar-refractivity contribution in [3.8, 4) is 0 Å². The Labute approximate surface area is 143 Å². The molecule has 0 amide bonds. The summed E-state index contributed by atoms with van der Waals surface area (Å²) < 4.78 is 13.8. The topological polar surface area (TPSA) is 61.7 Å². The van der Waals surface area contributed by atoms with E-state index in [-0.39, 0.29) is 11.5 Å². The molecule has 6 heteroatoms. The number of nitrogens with one attached hydrogen (secondary N) is 2. The van der Waals surface area contributed by atoms with Gasteiger partial charge in [0.1, 0.15) is 10.8 Å². The number of halogens is 1. The Morgan fingerprint density at radius 1 is 1.12 bits per heavy atom. The molecule has 1 aromatic carbocycles. The molecule has 0 bridgehead atoms. The summed E-state index contributed by atoms with van der Waals surface area (Å²) in [6, 6.07) is 12.0. The van der Waals surface area contributed by atoms with Crippen LogP contribution in [-0.4, -0.2) is 15.7 Å². The van der Waals surface area contributed by atoms with Crippen LogP contribution in [0, 0.1) is 11.2 Å². The lowest BCUT2D eigenvalue weighted by molar-refractivity contribution is 0.605.